The third-order valence-electron chi connectivity index (χ3n) is 4.55. The van der Waals surface area contributed by atoms with Crippen molar-refractivity contribution >= 4 is 42.0 Å². The molecule has 0 atom stereocenters. The van der Waals surface area contributed by atoms with E-state index in [1.165, 1.54) is 18.6 Å². The quantitative estimate of drug-likeness (QED) is 0.311. The summed E-state index contributed by atoms with van der Waals surface area (Å²) in [6, 6.07) is 3.88. The fraction of sp³-hybridized carbons (Fsp3) is 0.192. The van der Waals surface area contributed by atoms with Crippen LogP contribution in [-0.2, 0) is 4.79 Å². The molecule has 0 spiro atoms. The third kappa shape index (κ3) is 9.02. The number of nitrogens with two attached hydrogens (primary N) is 1. The first-order valence-electron chi connectivity index (χ1n) is 10.8. The number of rotatable bonds is 8. The molecule has 35 heavy (non-hydrogen) atoms. The summed E-state index contributed by atoms with van der Waals surface area (Å²) in [4.78, 5) is 29.0. The second kappa shape index (κ2) is 15.7. The second-order valence-electron chi connectivity index (χ2n) is 6.92. The lowest BCUT2D eigenvalue weighted by atomic mass is 10.1. The summed E-state index contributed by atoms with van der Waals surface area (Å²) >= 11 is 6.37. The van der Waals surface area contributed by atoms with E-state index in [0.717, 1.165) is 29.9 Å². The van der Waals surface area contributed by atoms with E-state index in [4.69, 9.17) is 17.3 Å². The highest BCUT2D eigenvalue weighted by Gasteiger charge is 2.18. The van der Waals surface area contributed by atoms with E-state index >= 15 is 0 Å². The smallest absolute Gasteiger partial charge is 0.190 e. The minimum atomic E-state index is -0.260. The van der Waals surface area contributed by atoms with Crippen molar-refractivity contribution in [2.45, 2.75) is 20.3 Å². The van der Waals surface area contributed by atoms with Gasteiger partial charge in [-0.3, -0.25) is 19.8 Å². The van der Waals surface area contributed by atoms with Gasteiger partial charge in [0.1, 0.15) is 18.8 Å². The number of nitrogens with zero attached hydrogens (tertiary/aromatic N) is 5. The van der Waals surface area contributed by atoms with Crippen molar-refractivity contribution in [1.29, 1.82) is 0 Å². The Kier molecular flexibility index (Phi) is 13.0. The number of pyridine rings is 1. The lowest BCUT2D eigenvalue weighted by molar-refractivity contribution is -0.110. The van der Waals surface area contributed by atoms with E-state index in [-0.39, 0.29) is 17.2 Å². The number of nitrogens with one attached hydrogen (secondary N) is 1. The van der Waals surface area contributed by atoms with E-state index in [1.807, 2.05) is 25.1 Å². The van der Waals surface area contributed by atoms with Crippen LogP contribution in [0.15, 0.2) is 111 Å². The van der Waals surface area contributed by atoms with Crippen LogP contribution in [0.2, 0.25) is 0 Å². The number of carbonyl (C=O) groups is 1. The highest BCUT2D eigenvalue weighted by Crippen LogP contribution is 2.31. The van der Waals surface area contributed by atoms with Gasteiger partial charge in [0.05, 0.1) is 23.2 Å². The Morgan fingerprint density at radius 3 is 2.74 bits per heavy atom. The summed E-state index contributed by atoms with van der Waals surface area (Å²) in [5, 5.41) is 3.34. The zero-order valence-electron chi connectivity index (χ0n) is 20.2. The van der Waals surface area contributed by atoms with Crippen molar-refractivity contribution in [3.63, 3.8) is 0 Å². The predicted octanol–water partition coefficient (Wildman–Crippen LogP) is 4.67. The lowest BCUT2D eigenvalue weighted by Gasteiger charge is -2.28. The van der Waals surface area contributed by atoms with Crippen LogP contribution in [0, 0.1) is 0 Å². The lowest BCUT2D eigenvalue weighted by Crippen LogP contribution is -2.24. The van der Waals surface area contributed by atoms with Crippen molar-refractivity contribution in [2.75, 3.05) is 18.1 Å². The molecule has 0 bridgehead atoms. The van der Waals surface area contributed by atoms with Crippen molar-refractivity contribution < 1.29 is 4.79 Å². The van der Waals surface area contributed by atoms with Crippen molar-refractivity contribution in [3.8, 4) is 0 Å². The molecular weight excluding hydrogens is 462 g/mol. The molecule has 0 aliphatic carbocycles. The first-order chi connectivity index (χ1) is 16.8. The van der Waals surface area contributed by atoms with Gasteiger partial charge in [-0.15, -0.1) is 0 Å². The molecule has 0 unspecified atom stereocenters. The van der Waals surface area contributed by atoms with Gasteiger partial charge < -0.3 is 16.0 Å². The standard InChI is InChI=1S/C18H22ClN3.C8H10N4O/c1-6-12-22(15-10-9-11-21-13-15)14(4)18(16(19)7-2)17(8-3)20-5;1-6-7(13)2-3-10-4-11-5-12-8(6)9/h7-11,13H,3-6,12H2,1-2H3;2-3,5,10H,1,4H2,(H2,9,11,12)/b16-7+,18-17+;3-2-. The van der Waals surface area contributed by atoms with Gasteiger partial charge in [-0.1, -0.05) is 44.3 Å². The van der Waals surface area contributed by atoms with Gasteiger partial charge in [0.2, 0.25) is 0 Å². The maximum absolute atomic E-state index is 11.2. The zero-order chi connectivity index (χ0) is 26.2. The molecule has 1 aromatic heterocycles. The van der Waals surface area contributed by atoms with Gasteiger partial charge in [-0.2, -0.15) is 0 Å². The Bertz CT molecular complexity index is 1070. The average molecular weight is 494 g/mol. The largest absolute Gasteiger partial charge is 0.383 e. The molecule has 184 valence electrons. The molecule has 8 nitrogen and oxygen atoms in total. The number of carbonyl (C=O) groups excluding carboxylic acids is 1. The molecule has 0 aromatic carbocycles. The number of halogens is 1. The number of amidine groups is 1. The molecule has 9 heteroatoms. The Hall–Kier alpha value is -4.04. The number of ketones is 1. The molecule has 1 aliphatic rings. The first-order valence-corrected chi connectivity index (χ1v) is 11.2. The van der Waals surface area contributed by atoms with Gasteiger partial charge in [-0.25, -0.2) is 4.99 Å². The molecule has 0 saturated carbocycles. The fourth-order valence-corrected chi connectivity index (χ4v) is 2.98. The summed E-state index contributed by atoms with van der Waals surface area (Å²) in [7, 11) is 0. The molecule has 0 fully saturated rings. The van der Waals surface area contributed by atoms with Crippen LogP contribution in [0.4, 0.5) is 5.69 Å². The molecule has 3 N–H and O–H groups in total. The van der Waals surface area contributed by atoms with Crippen LogP contribution in [0.25, 0.3) is 0 Å². The fourth-order valence-electron chi connectivity index (χ4n) is 2.78. The van der Waals surface area contributed by atoms with Crippen molar-refractivity contribution in [2.24, 2.45) is 20.7 Å². The van der Waals surface area contributed by atoms with E-state index in [9.17, 15) is 4.79 Å². The van der Waals surface area contributed by atoms with Gasteiger partial charge in [-0.05, 0) is 38.3 Å². The summed E-state index contributed by atoms with van der Waals surface area (Å²) in [6.45, 7) is 20.2. The van der Waals surface area contributed by atoms with Crippen LogP contribution in [0.5, 0.6) is 0 Å². The van der Waals surface area contributed by atoms with Gasteiger partial charge in [0.15, 0.2) is 5.78 Å². The number of aromatic nitrogens is 1. The molecule has 0 amide bonds. The van der Waals surface area contributed by atoms with Crippen LogP contribution in [0.1, 0.15) is 20.3 Å². The first kappa shape index (κ1) is 29.0. The summed E-state index contributed by atoms with van der Waals surface area (Å²) < 4.78 is 0. The molecule has 2 rings (SSSR count). The zero-order valence-corrected chi connectivity index (χ0v) is 21.0. The maximum atomic E-state index is 11.2. The summed E-state index contributed by atoms with van der Waals surface area (Å²) in [5.41, 5.74) is 8.66. The Balaban J connectivity index is 0.000000400. The van der Waals surface area contributed by atoms with E-state index in [1.54, 1.807) is 18.5 Å². The van der Waals surface area contributed by atoms with Crippen LogP contribution >= 0.6 is 11.6 Å². The SMILES string of the molecule is C=C/C(N=C)=C(C(=C)N(CCC)c1cccnc1)\C(Cl)=C/C.C=C1C(=O)/C=C\NC/N=C\N=C1N. The number of allylic oxidation sites excluding steroid dienone is 4. The molecular formula is C26H32ClN7O. The normalized spacial score (nSPS) is 16.3. The van der Waals surface area contributed by atoms with Crippen molar-refractivity contribution in [3.05, 3.63) is 96.3 Å². The molecule has 0 saturated heterocycles. The highest BCUT2D eigenvalue weighted by molar-refractivity contribution is 6.32. The topological polar surface area (TPSA) is 108 Å². The van der Waals surface area contributed by atoms with E-state index < -0.39 is 0 Å². The molecule has 1 aliphatic heterocycles. The summed E-state index contributed by atoms with van der Waals surface area (Å²) in [5.74, 6) is -0.163. The minimum Gasteiger partial charge on any atom is -0.383 e. The van der Waals surface area contributed by atoms with Crippen molar-refractivity contribution in [1.82, 2.24) is 10.3 Å². The number of anilines is 1. The Morgan fingerprint density at radius 2 is 2.17 bits per heavy atom. The maximum Gasteiger partial charge on any atom is 0.190 e. The van der Waals surface area contributed by atoms with Crippen LogP contribution < -0.4 is 16.0 Å². The molecule has 0 radical (unpaired) electrons. The summed E-state index contributed by atoms with van der Waals surface area (Å²) in [6.07, 6.45) is 12.1. The van der Waals surface area contributed by atoms with Crippen LogP contribution in [0.3, 0.4) is 0 Å². The van der Waals surface area contributed by atoms with Crippen LogP contribution in [-0.4, -0.2) is 42.9 Å². The monoisotopic (exact) mass is 493 g/mol. The van der Waals surface area contributed by atoms with E-state index in [0.29, 0.717) is 17.4 Å². The van der Waals surface area contributed by atoms with Gasteiger partial charge in [0, 0.05) is 41.3 Å². The third-order valence-corrected chi connectivity index (χ3v) is 4.96. The Labute approximate surface area is 212 Å². The van der Waals surface area contributed by atoms with Gasteiger partial charge in [0.25, 0.3) is 0 Å². The van der Waals surface area contributed by atoms with Gasteiger partial charge >= 0.3 is 0 Å². The highest BCUT2D eigenvalue weighted by atomic mass is 35.5. The molecule has 1 aromatic rings. The number of hydrogen-bond donors (Lipinski definition) is 2. The number of hydrogen-bond acceptors (Lipinski definition) is 8. The number of aliphatic imine (C=N–C) groups is 3. The average Bonchev–Trinajstić information content (AvgIpc) is 2.88. The Morgan fingerprint density at radius 1 is 1.43 bits per heavy atom. The predicted molar refractivity (Wildman–Crippen MR) is 149 cm³/mol. The van der Waals surface area contributed by atoms with E-state index in [2.05, 4.69) is 63.6 Å². The molecule has 2 heterocycles. The second-order valence-corrected chi connectivity index (χ2v) is 7.33. The minimum absolute atomic E-state index is 0.0975.